The Kier molecular flexibility index (Phi) is 5.93. The first-order valence-electron chi connectivity index (χ1n) is 6.85. The number of nitrogens with one attached hydrogen (secondary N) is 1. The van der Waals surface area contributed by atoms with Gasteiger partial charge in [-0.25, -0.2) is 8.42 Å². The molecule has 1 aliphatic rings. The molecule has 0 radical (unpaired) electrons. The standard InChI is InChI=1S/C13H27NO2S/c1-4-14-11(2)8-9-12-6-5-7-13(10-12)17(3,15)16/h11-14H,4-10H2,1-3H3. The number of hydrogen-bond donors (Lipinski definition) is 1. The monoisotopic (exact) mass is 261 g/mol. The van der Waals surface area contributed by atoms with Gasteiger partial charge in [0.05, 0.1) is 5.25 Å². The molecule has 4 heteroatoms. The maximum Gasteiger partial charge on any atom is 0.150 e. The lowest BCUT2D eigenvalue weighted by atomic mass is 9.85. The number of rotatable bonds is 6. The van der Waals surface area contributed by atoms with Gasteiger partial charge < -0.3 is 5.32 Å². The van der Waals surface area contributed by atoms with Gasteiger partial charge in [-0.15, -0.1) is 0 Å². The minimum atomic E-state index is -2.82. The lowest BCUT2D eigenvalue weighted by molar-refractivity contribution is 0.318. The first kappa shape index (κ1) is 15.0. The molecule has 3 nitrogen and oxygen atoms in total. The fraction of sp³-hybridized carbons (Fsp3) is 1.00. The van der Waals surface area contributed by atoms with Crippen LogP contribution in [0.4, 0.5) is 0 Å². The van der Waals surface area contributed by atoms with Crippen LogP contribution in [-0.2, 0) is 9.84 Å². The van der Waals surface area contributed by atoms with Crippen LogP contribution in [-0.4, -0.2) is 32.5 Å². The Morgan fingerprint density at radius 1 is 1.35 bits per heavy atom. The minimum Gasteiger partial charge on any atom is -0.315 e. The zero-order valence-corrected chi connectivity index (χ0v) is 12.2. The SMILES string of the molecule is CCNC(C)CCC1CCCC(S(C)(=O)=O)C1. The smallest absolute Gasteiger partial charge is 0.150 e. The van der Waals surface area contributed by atoms with Crippen LogP contribution in [0, 0.1) is 5.92 Å². The zero-order valence-electron chi connectivity index (χ0n) is 11.4. The van der Waals surface area contributed by atoms with E-state index in [4.69, 9.17) is 0 Å². The summed E-state index contributed by atoms with van der Waals surface area (Å²) in [4.78, 5) is 0. The molecule has 102 valence electrons. The first-order chi connectivity index (χ1) is 7.93. The molecule has 17 heavy (non-hydrogen) atoms. The van der Waals surface area contributed by atoms with E-state index in [1.165, 1.54) is 19.1 Å². The molecular weight excluding hydrogens is 234 g/mol. The van der Waals surface area contributed by atoms with Crippen molar-refractivity contribution in [3.8, 4) is 0 Å². The van der Waals surface area contributed by atoms with Crippen molar-refractivity contribution in [2.45, 2.75) is 63.7 Å². The molecule has 1 aliphatic carbocycles. The average molecular weight is 261 g/mol. The maximum absolute atomic E-state index is 11.6. The van der Waals surface area contributed by atoms with E-state index in [-0.39, 0.29) is 5.25 Å². The third kappa shape index (κ3) is 5.38. The van der Waals surface area contributed by atoms with Gasteiger partial charge in [0.1, 0.15) is 9.84 Å². The summed E-state index contributed by atoms with van der Waals surface area (Å²) in [6.45, 7) is 5.34. The molecule has 1 rings (SSSR count). The highest BCUT2D eigenvalue weighted by atomic mass is 32.2. The highest BCUT2D eigenvalue weighted by Gasteiger charge is 2.28. The summed E-state index contributed by atoms with van der Waals surface area (Å²) >= 11 is 0. The number of sulfone groups is 1. The predicted octanol–water partition coefficient (Wildman–Crippen LogP) is 2.37. The van der Waals surface area contributed by atoms with Crippen molar-refractivity contribution in [1.29, 1.82) is 0 Å². The molecule has 0 aromatic rings. The van der Waals surface area contributed by atoms with Gasteiger partial charge in [0, 0.05) is 12.3 Å². The van der Waals surface area contributed by atoms with Crippen LogP contribution in [0.15, 0.2) is 0 Å². The van der Waals surface area contributed by atoms with Crippen LogP contribution in [0.25, 0.3) is 0 Å². The molecule has 0 heterocycles. The molecule has 0 amide bonds. The van der Waals surface area contributed by atoms with Crippen molar-refractivity contribution in [3.63, 3.8) is 0 Å². The first-order valence-corrected chi connectivity index (χ1v) is 8.81. The van der Waals surface area contributed by atoms with Crippen molar-refractivity contribution in [2.24, 2.45) is 5.92 Å². The molecule has 0 saturated heterocycles. The van der Waals surface area contributed by atoms with Crippen molar-refractivity contribution in [3.05, 3.63) is 0 Å². The molecule has 1 N–H and O–H groups in total. The van der Waals surface area contributed by atoms with Gasteiger partial charge in [-0.05, 0) is 45.1 Å². The Balaban J connectivity index is 2.35. The second-order valence-electron chi connectivity index (χ2n) is 5.52. The van der Waals surface area contributed by atoms with E-state index in [0.29, 0.717) is 12.0 Å². The molecule has 0 spiro atoms. The Morgan fingerprint density at radius 3 is 2.65 bits per heavy atom. The Hall–Kier alpha value is -0.0900. The fourth-order valence-corrected chi connectivity index (χ4v) is 4.05. The molecule has 1 fully saturated rings. The van der Waals surface area contributed by atoms with Gasteiger partial charge in [0.15, 0.2) is 0 Å². The van der Waals surface area contributed by atoms with Crippen LogP contribution in [0.2, 0.25) is 0 Å². The average Bonchev–Trinajstić information content (AvgIpc) is 2.26. The Morgan fingerprint density at radius 2 is 2.06 bits per heavy atom. The molecule has 0 aromatic heterocycles. The maximum atomic E-state index is 11.6. The normalized spacial score (nSPS) is 27.9. The summed E-state index contributed by atoms with van der Waals surface area (Å²) in [5.74, 6) is 0.615. The summed E-state index contributed by atoms with van der Waals surface area (Å²) in [7, 11) is -2.82. The van der Waals surface area contributed by atoms with Gasteiger partial charge >= 0.3 is 0 Å². The Labute approximate surface area is 106 Å². The molecule has 3 atom stereocenters. The molecule has 0 aliphatic heterocycles. The van der Waals surface area contributed by atoms with Crippen LogP contribution >= 0.6 is 0 Å². The lowest BCUT2D eigenvalue weighted by Crippen LogP contribution is -2.29. The van der Waals surface area contributed by atoms with Gasteiger partial charge in [-0.1, -0.05) is 19.8 Å². The minimum absolute atomic E-state index is 0.0734. The van der Waals surface area contributed by atoms with E-state index in [9.17, 15) is 8.42 Å². The van der Waals surface area contributed by atoms with Gasteiger partial charge in [0.2, 0.25) is 0 Å². The third-order valence-electron chi connectivity index (χ3n) is 3.90. The molecule has 0 bridgehead atoms. The highest BCUT2D eigenvalue weighted by Crippen LogP contribution is 2.31. The second-order valence-corrected chi connectivity index (χ2v) is 7.85. The predicted molar refractivity (Wildman–Crippen MR) is 73.0 cm³/mol. The van der Waals surface area contributed by atoms with Crippen LogP contribution in [0.1, 0.15) is 52.4 Å². The van der Waals surface area contributed by atoms with Crippen molar-refractivity contribution in [2.75, 3.05) is 12.8 Å². The van der Waals surface area contributed by atoms with E-state index in [2.05, 4.69) is 19.2 Å². The molecular formula is C13H27NO2S. The van der Waals surface area contributed by atoms with Crippen LogP contribution < -0.4 is 5.32 Å². The van der Waals surface area contributed by atoms with Gasteiger partial charge in [-0.2, -0.15) is 0 Å². The molecule has 3 unspecified atom stereocenters. The Bertz CT molecular complexity index is 313. The van der Waals surface area contributed by atoms with Gasteiger partial charge in [-0.3, -0.25) is 0 Å². The summed E-state index contributed by atoms with van der Waals surface area (Å²) in [5, 5.41) is 3.33. The lowest BCUT2D eigenvalue weighted by Gasteiger charge is -2.28. The summed E-state index contributed by atoms with van der Waals surface area (Å²) in [5.41, 5.74) is 0. The summed E-state index contributed by atoms with van der Waals surface area (Å²) < 4.78 is 23.1. The topological polar surface area (TPSA) is 46.2 Å². The van der Waals surface area contributed by atoms with Crippen molar-refractivity contribution in [1.82, 2.24) is 5.32 Å². The van der Waals surface area contributed by atoms with E-state index in [1.54, 1.807) is 0 Å². The van der Waals surface area contributed by atoms with Crippen molar-refractivity contribution < 1.29 is 8.42 Å². The van der Waals surface area contributed by atoms with E-state index < -0.39 is 9.84 Å². The van der Waals surface area contributed by atoms with E-state index >= 15 is 0 Å². The molecule has 1 saturated carbocycles. The summed E-state index contributed by atoms with van der Waals surface area (Å²) in [6, 6.07) is 0.554. The van der Waals surface area contributed by atoms with Crippen LogP contribution in [0.3, 0.4) is 0 Å². The van der Waals surface area contributed by atoms with Crippen molar-refractivity contribution >= 4 is 9.84 Å². The van der Waals surface area contributed by atoms with E-state index in [1.807, 2.05) is 0 Å². The largest absolute Gasteiger partial charge is 0.315 e. The number of hydrogen-bond acceptors (Lipinski definition) is 3. The fourth-order valence-electron chi connectivity index (χ4n) is 2.83. The van der Waals surface area contributed by atoms with Crippen LogP contribution in [0.5, 0.6) is 0 Å². The third-order valence-corrected chi connectivity index (χ3v) is 5.54. The van der Waals surface area contributed by atoms with E-state index in [0.717, 1.165) is 32.2 Å². The second kappa shape index (κ2) is 6.74. The van der Waals surface area contributed by atoms with Gasteiger partial charge in [0.25, 0.3) is 0 Å². The highest BCUT2D eigenvalue weighted by molar-refractivity contribution is 7.91. The quantitative estimate of drug-likeness (QED) is 0.798. The zero-order chi connectivity index (χ0) is 12.9. The molecule has 0 aromatic carbocycles. The summed E-state index contributed by atoms with van der Waals surface area (Å²) in [6.07, 6.45) is 7.77.